The second kappa shape index (κ2) is 6.98. The van der Waals surface area contributed by atoms with E-state index in [2.05, 4.69) is 53.1 Å². The van der Waals surface area contributed by atoms with Gasteiger partial charge in [-0.25, -0.2) is 9.97 Å². The minimum Gasteiger partial charge on any atom is -0.370 e. The number of hydrogen-bond donors (Lipinski definition) is 2. The zero-order valence-corrected chi connectivity index (χ0v) is 12.9. The summed E-state index contributed by atoms with van der Waals surface area (Å²) in [7, 11) is 0. The van der Waals surface area contributed by atoms with Crippen LogP contribution in [0.2, 0.25) is 0 Å². The van der Waals surface area contributed by atoms with E-state index in [1.54, 1.807) is 6.33 Å². The Balaban J connectivity index is 2.08. The molecule has 1 aliphatic rings. The van der Waals surface area contributed by atoms with Crippen molar-refractivity contribution in [3.05, 3.63) is 11.9 Å². The van der Waals surface area contributed by atoms with Crippen molar-refractivity contribution in [3.8, 4) is 0 Å². The molecular formula is C14H24N4S. The molecule has 19 heavy (non-hydrogen) atoms. The standard InChI is InChI=1S/C14H24N4S/c1-4-15-13-10(3)14(17-9-16-13)18-11-7-6-8-12(11)19-5-2/h9,11-12H,4-8H2,1-3H3,(H2,15,16,17,18). The van der Waals surface area contributed by atoms with Crippen molar-refractivity contribution >= 4 is 23.4 Å². The summed E-state index contributed by atoms with van der Waals surface area (Å²) in [5.41, 5.74) is 1.12. The van der Waals surface area contributed by atoms with Crippen molar-refractivity contribution in [1.82, 2.24) is 9.97 Å². The third kappa shape index (κ3) is 3.53. The molecule has 1 fully saturated rings. The van der Waals surface area contributed by atoms with Gasteiger partial charge in [0.2, 0.25) is 0 Å². The van der Waals surface area contributed by atoms with Crippen LogP contribution in [-0.4, -0.2) is 33.6 Å². The van der Waals surface area contributed by atoms with Gasteiger partial charge in [-0.15, -0.1) is 0 Å². The summed E-state index contributed by atoms with van der Waals surface area (Å²) in [5, 5.41) is 7.64. The van der Waals surface area contributed by atoms with Gasteiger partial charge in [-0.05, 0) is 32.4 Å². The smallest absolute Gasteiger partial charge is 0.134 e. The van der Waals surface area contributed by atoms with Crippen LogP contribution in [0.5, 0.6) is 0 Å². The van der Waals surface area contributed by atoms with E-state index >= 15 is 0 Å². The first-order chi connectivity index (χ1) is 9.26. The number of nitrogens with one attached hydrogen (secondary N) is 2. The number of thioether (sulfide) groups is 1. The third-order valence-corrected chi connectivity index (χ3v) is 4.91. The first-order valence-corrected chi connectivity index (χ1v) is 8.24. The van der Waals surface area contributed by atoms with Crippen LogP contribution in [0.25, 0.3) is 0 Å². The Morgan fingerprint density at radius 1 is 1.26 bits per heavy atom. The average Bonchev–Trinajstić information content (AvgIpc) is 2.82. The van der Waals surface area contributed by atoms with Crippen molar-refractivity contribution in [2.24, 2.45) is 0 Å². The maximum Gasteiger partial charge on any atom is 0.134 e. The molecular weight excluding hydrogens is 256 g/mol. The van der Waals surface area contributed by atoms with E-state index in [1.807, 2.05) is 0 Å². The maximum atomic E-state index is 4.41. The minimum absolute atomic E-state index is 0.549. The van der Waals surface area contributed by atoms with Gasteiger partial charge in [-0.2, -0.15) is 11.8 Å². The normalized spacial score (nSPS) is 22.5. The van der Waals surface area contributed by atoms with Gasteiger partial charge in [0, 0.05) is 23.4 Å². The van der Waals surface area contributed by atoms with Gasteiger partial charge in [-0.1, -0.05) is 13.3 Å². The Kier molecular flexibility index (Phi) is 5.31. The lowest BCUT2D eigenvalue weighted by Crippen LogP contribution is -2.27. The minimum atomic E-state index is 0.549. The van der Waals surface area contributed by atoms with Gasteiger partial charge in [0.05, 0.1) is 0 Å². The Hall–Kier alpha value is -0.970. The molecule has 0 radical (unpaired) electrons. The zero-order chi connectivity index (χ0) is 13.7. The lowest BCUT2D eigenvalue weighted by molar-refractivity contribution is 0.760. The molecule has 0 aliphatic heterocycles. The lowest BCUT2D eigenvalue weighted by atomic mass is 10.2. The topological polar surface area (TPSA) is 49.8 Å². The van der Waals surface area contributed by atoms with E-state index in [0.717, 1.165) is 29.0 Å². The zero-order valence-electron chi connectivity index (χ0n) is 12.1. The third-order valence-electron chi connectivity index (χ3n) is 3.58. The Morgan fingerprint density at radius 2 is 2.05 bits per heavy atom. The molecule has 0 spiro atoms. The molecule has 1 aromatic rings. The largest absolute Gasteiger partial charge is 0.370 e. The van der Waals surface area contributed by atoms with Crippen molar-refractivity contribution in [3.63, 3.8) is 0 Å². The summed E-state index contributed by atoms with van der Waals surface area (Å²) in [6.45, 7) is 7.28. The summed E-state index contributed by atoms with van der Waals surface area (Å²) in [6.07, 6.45) is 5.53. The highest BCUT2D eigenvalue weighted by atomic mass is 32.2. The molecule has 1 saturated carbocycles. The second-order valence-electron chi connectivity index (χ2n) is 4.90. The van der Waals surface area contributed by atoms with E-state index < -0.39 is 0 Å². The highest BCUT2D eigenvalue weighted by Gasteiger charge is 2.27. The molecule has 0 saturated heterocycles. The lowest BCUT2D eigenvalue weighted by Gasteiger charge is -2.22. The molecule has 2 unspecified atom stereocenters. The highest BCUT2D eigenvalue weighted by Crippen LogP contribution is 2.32. The van der Waals surface area contributed by atoms with Gasteiger partial charge >= 0.3 is 0 Å². The van der Waals surface area contributed by atoms with Gasteiger partial charge in [0.15, 0.2) is 0 Å². The molecule has 4 nitrogen and oxygen atoms in total. The number of rotatable bonds is 6. The van der Waals surface area contributed by atoms with Crippen LogP contribution < -0.4 is 10.6 Å². The van der Waals surface area contributed by atoms with E-state index in [1.165, 1.54) is 25.0 Å². The first kappa shape index (κ1) is 14.4. The Morgan fingerprint density at radius 3 is 2.79 bits per heavy atom. The SMILES string of the molecule is CCNc1ncnc(NC2CCCC2SCC)c1C. The molecule has 5 heteroatoms. The molecule has 1 aliphatic carbocycles. The van der Waals surface area contributed by atoms with Crippen molar-refractivity contribution in [2.75, 3.05) is 22.9 Å². The second-order valence-corrected chi connectivity index (χ2v) is 6.42. The predicted octanol–water partition coefficient (Wildman–Crippen LogP) is 3.30. The van der Waals surface area contributed by atoms with Crippen molar-refractivity contribution in [1.29, 1.82) is 0 Å². The van der Waals surface area contributed by atoms with Gasteiger partial charge in [-0.3, -0.25) is 0 Å². The van der Waals surface area contributed by atoms with Crippen LogP contribution in [0.3, 0.4) is 0 Å². The fourth-order valence-corrected chi connectivity index (χ4v) is 3.82. The Bertz CT molecular complexity index is 410. The number of nitrogens with zero attached hydrogens (tertiary/aromatic N) is 2. The molecule has 2 rings (SSSR count). The molecule has 0 bridgehead atoms. The van der Waals surface area contributed by atoms with Crippen LogP contribution in [-0.2, 0) is 0 Å². The highest BCUT2D eigenvalue weighted by molar-refractivity contribution is 7.99. The number of hydrogen-bond acceptors (Lipinski definition) is 5. The summed E-state index contributed by atoms with van der Waals surface area (Å²) in [5.74, 6) is 3.12. The average molecular weight is 280 g/mol. The van der Waals surface area contributed by atoms with E-state index in [9.17, 15) is 0 Å². The predicted molar refractivity (Wildman–Crippen MR) is 84.1 cm³/mol. The summed E-state index contributed by atoms with van der Waals surface area (Å²) >= 11 is 2.07. The fraction of sp³-hybridized carbons (Fsp3) is 0.714. The monoisotopic (exact) mass is 280 g/mol. The molecule has 1 aromatic heterocycles. The molecule has 106 valence electrons. The first-order valence-electron chi connectivity index (χ1n) is 7.19. The van der Waals surface area contributed by atoms with Crippen LogP contribution in [0, 0.1) is 6.92 Å². The molecule has 2 N–H and O–H groups in total. The molecule has 1 heterocycles. The Labute approximate surface area is 120 Å². The fourth-order valence-electron chi connectivity index (χ4n) is 2.62. The van der Waals surface area contributed by atoms with E-state index in [-0.39, 0.29) is 0 Å². The van der Waals surface area contributed by atoms with Crippen molar-refractivity contribution < 1.29 is 0 Å². The van der Waals surface area contributed by atoms with Crippen LogP contribution in [0.1, 0.15) is 38.7 Å². The van der Waals surface area contributed by atoms with E-state index in [4.69, 9.17) is 0 Å². The van der Waals surface area contributed by atoms with Gasteiger partial charge in [0.25, 0.3) is 0 Å². The van der Waals surface area contributed by atoms with Crippen molar-refractivity contribution in [2.45, 2.75) is 51.3 Å². The molecule has 2 atom stereocenters. The number of anilines is 2. The van der Waals surface area contributed by atoms with Gasteiger partial charge in [0.1, 0.15) is 18.0 Å². The van der Waals surface area contributed by atoms with Gasteiger partial charge < -0.3 is 10.6 Å². The molecule has 0 amide bonds. The van der Waals surface area contributed by atoms with Crippen LogP contribution >= 0.6 is 11.8 Å². The maximum absolute atomic E-state index is 4.41. The quantitative estimate of drug-likeness (QED) is 0.837. The summed E-state index contributed by atoms with van der Waals surface area (Å²) < 4.78 is 0. The van der Waals surface area contributed by atoms with E-state index in [0.29, 0.717) is 6.04 Å². The van der Waals surface area contributed by atoms with Crippen LogP contribution in [0.4, 0.5) is 11.6 Å². The van der Waals surface area contributed by atoms with Crippen LogP contribution in [0.15, 0.2) is 6.33 Å². The summed E-state index contributed by atoms with van der Waals surface area (Å²) in [6, 6.07) is 0.549. The number of aromatic nitrogens is 2. The molecule has 0 aromatic carbocycles. The summed E-state index contributed by atoms with van der Waals surface area (Å²) in [4.78, 5) is 8.70.